The van der Waals surface area contributed by atoms with Crippen molar-refractivity contribution in [1.82, 2.24) is 14.7 Å². The third-order valence-electron chi connectivity index (χ3n) is 2.85. The SMILES string of the molecule is CCC(N)C(c1cnn(C)c1)N(C)CC(F)(F)F. The molecule has 0 spiro atoms. The zero-order chi connectivity index (χ0) is 13.9. The molecule has 4 nitrogen and oxygen atoms in total. The zero-order valence-corrected chi connectivity index (χ0v) is 10.8. The summed E-state index contributed by atoms with van der Waals surface area (Å²) in [5.41, 5.74) is 6.64. The van der Waals surface area contributed by atoms with Crippen LogP contribution in [0.3, 0.4) is 0 Å². The first kappa shape index (κ1) is 15.0. The first-order valence-electron chi connectivity index (χ1n) is 5.75. The number of nitrogens with two attached hydrogens (primary N) is 1. The molecule has 18 heavy (non-hydrogen) atoms. The molecule has 1 aromatic rings. The van der Waals surface area contributed by atoms with Crippen LogP contribution in [0.1, 0.15) is 24.9 Å². The van der Waals surface area contributed by atoms with Gasteiger partial charge in [-0.25, -0.2) is 0 Å². The van der Waals surface area contributed by atoms with Crippen LogP contribution in [0.15, 0.2) is 12.4 Å². The topological polar surface area (TPSA) is 47.1 Å². The Kier molecular flexibility index (Phi) is 4.75. The lowest BCUT2D eigenvalue weighted by molar-refractivity contribution is -0.148. The summed E-state index contributed by atoms with van der Waals surface area (Å²) in [7, 11) is 3.16. The summed E-state index contributed by atoms with van der Waals surface area (Å²) in [6.45, 7) is 0.871. The van der Waals surface area contributed by atoms with Crippen molar-refractivity contribution in [2.45, 2.75) is 31.6 Å². The number of likely N-dealkylation sites (N-methyl/N-ethyl adjacent to an activating group) is 1. The van der Waals surface area contributed by atoms with Gasteiger partial charge in [0.1, 0.15) is 0 Å². The highest BCUT2D eigenvalue weighted by Gasteiger charge is 2.34. The van der Waals surface area contributed by atoms with Crippen molar-refractivity contribution in [2.24, 2.45) is 12.8 Å². The minimum atomic E-state index is -4.23. The highest BCUT2D eigenvalue weighted by Crippen LogP contribution is 2.27. The lowest BCUT2D eigenvalue weighted by atomic mass is 9.99. The minimum absolute atomic E-state index is 0.360. The van der Waals surface area contributed by atoms with Crippen LogP contribution >= 0.6 is 0 Å². The number of aryl methyl sites for hydroxylation is 1. The Hall–Kier alpha value is -1.08. The van der Waals surface area contributed by atoms with Crippen LogP contribution in [0.25, 0.3) is 0 Å². The fourth-order valence-corrected chi connectivity index (χ4v) is 2.03. The van der Waals surface area contributed by atoms with E-state index in [1.54, 1.807) is 24.1 Å². The molecule has 2 unspecified atom stereocenters. The van der Waals surface area contributed by atoms with E-state index in [2.05, 4.69) is 5.10 Å². The smallest absolute Gasteiger partial charge is 0.326 e. The Morgan fingerprint density at radius 1 is 1.50 bits per heavy atom. The fourth-order valence-electron chi connectivity index (χ4n) is 2.03. The highest BCUT2D eigenvalue weighted by atomic mass is 19.4. The van der Waals surface area contributed by atoms with E-state index >= 15 is 0 Å². The Bertz CT molecular complexity index is 375. The third kappa shape index (κ3) is 3.99. The van der Waals surface area contributed by atoms with E-state index in [-0.39, 0.29) is 6.04 Å². The van der Waals surface area contributed by atoms with Crippen LogP contribution < -0.4 is 5.73 Å². The monoisotopic (exact) mass is 264 g/mol. The molecule has 2 atom stereocenters. The second kappa shape index (κ2) is 5.71. The predicted molar refractivity (Wildman–Crippen MR) is 62.9 cm³/mol. The Balaban J connectivity index is 2.92. The fraction of sp³-hybridized carbons (Fsp3) is 0.727. The number of halogens is 3. The lowest BCUT2D eigenvalue weighted by Crippen LogP contribution is -2.42. The summed E-state index contributed by atoms with van der Waals surface area (Å²) in [6.07, 6.45) is -0.370. The molecule has 1 heterocycles. The van der Waals surface area contributed by atoms with Gasteiger partial charge in [-0.1, -0.05) is 6.92 Å². The summed E-state index contributed by atoms with van der Waals surface area (Å²) in [5.74, 6) is 0. The Morgan fingerprint density at radius 2 is 2.11 bits per heavy atom. The molecule has 1 rings (SSSR count). The van der Waals surface area contributed by atoms with Crippen LogP contribution in [0, 0.1) is 0 Å². The van der Waals surface area contributed by atoms with Crippen molar-refractivity contribution in [3.8, 4) is 0 Å². The molecule has 0 fully saturated rings. The minimum Gasteiger partial charge on any atom is -0.326 e. The van der Waals surface area contributed by atoms with Gasteiger partial charge >= 0.3 is 6.18 Å². The van der Waals surface area contributed by atoms with Gasteiger partial charge in [0.05, 0.1) is 18.8 Å². The Morgan fingerprint density at radius 3 is 2.50 bits per heavy atom. The molecule has 7 heteroatoms. The van der Waals surface area contributed by atoms with E-state index in [4.69, 9.17) is 5.73 Å². The largest absolute Gasteiger partial charge is 0.401 e. The molecule has 0 radical (unpaired) electrons. The maximum Gasteiger partial charge on any atom is 0.401 e. The average Bonchev–Trinajstić information content (AvgIpc) is 2.62. The third-order valence-corrected chi connectivity index (χ3v) is 2.85. The average molecular weight is 264 g/mol. The molecule has 104 valence electrons. The van der Waals surface area contributed by atoms with Gasteiger partial charge in [0.2, 0.25) is 0 Å². The number of hydrogen-bond acceptors (Lipinski definition) is 3. The van der Waals surface area contributed by atoms with Crippen molar-refractivity contribution in [3.05, 3.63) is 18.0 Å². The summed E-state index contributed by atoms with van der Waals surface area (Å²) in [4.78, 5) is 1.23. The molecule has 0 aliphatic rings. The van der Waals surface area contributed by atoms with Crippen molar-refractivity contribution in [1.29, 1.82) is 0 Å². The van der Waals surface area contributed by atoms with E-state index in [0.29, 0.717) is 12.0 Å². The molecule has 0 aliphatic carbocycles. The van der Waals surface area contributed by atoms with Gasteiger partial charge in [0, 0.05) is 24.8 Å². The van der Waals surface area contributed by atoms with Crippen molar-refractivity contribution < 1.29 is 13.2 Å². The van der Waals surface area contributed by atoms with Gasteiger partial charge in [0.15, 0.2) is 0 Å². The van der Waals surface area contributed by atoms with Crippen LogP contribution in [0.2, 0.25) is 0 Å². The predicted octanol–water partition coefficient (Wildman–Crippen LogP) is 1.69. The second-order valence-electron chi connectivity index (χ2n) is 4.49. The van der Waals surface area contributed by atoms with E-state index in [1.807, 2.05) is 6.92 Å². The van der Waals surface area contributed by atoms with Gasteiger partial charge in [-0.3, -0.25) is 9.58 Å². The van der Waals surface area contributed by atoms with Crippen molar-refractivity contribution in [3.63, 3.8) is 0 Å². The number of alkyl halides is 3. The molecule has 2 N–H and O–H groups in total. The molecule has 0 bridgehead atoms. The first-order valence-corrected chi connectivity index (χ1v) is 5.75. The molecule has 0 aromatic carbocycles. The van der Waals surface area contributed by atoms with Gasteiger partial charge in [-0.2, -0.15) is 18.3 Å². The molecule has 1 aromatic heterocycles. The van der Waals surface area contributed by atoms with Crippen LogP contribution in [-0.2, 0) is 7.05 Å². The molecule has 0 aliphatic heterocycles. The number of hydrogen-bond donors (Lipinski definition) is 1. The normalized spacial score (nSPS) is 16.0. The quantitative estimate of drug-likeness (QED) is 0.880. The summed E-state index contributed by atoms with van der Waals surface area (Å²) in [6, 6.07) is -0.841. The maximum absolute atomic E-state index is 12.5. The summed E-state index contributed by atoms with van der Waals surface area (Å²) >= 11 is 0. The molecule has 0 saturated heterocycles. The number of rotatable bonds is 5. The molecule has 0 saturated carbocycles. The first-order chi connectivity index (χ1) is 8.24. The second-order valence-corrected chi connectivity index (χ2v) is 4.49. The summed E-state index contributed by atoms with van der Waals surface area (Å²) < 4.78 is 38.9. The van der Waals surface area contributed by atoms with Crippen LogP contribution in [-0.4, -0.2) is 40.5 Å². The van der Waals surface area contributed by atoms with E-state index < -0.39 is 18.8 Å². The molecular weight excluding hydrogens is 245 g/mol. The number of nitrogens with zero attached hydrogens (tertiary/aromatic N) is 3. The Labute approximate surface area is 105 Å². The maximum atomic E-state index is 12.5. The summed E-state index contributed by atoms with van der Waals surface area (Å²) in [5, 5.41) is 3.99. The highest BCUT2D eigenvalue weighted by molar-refractivity contribution is 5.13. The van der Waals surface area contributed by atoms with Gasteiger partial charge in [-0.15, -0.1) is 0 Å². The zero-order valence-electron chi connectivity index (χ0n) is 10.8. The van der Waals surface area contributed by atoms with E-state index in [0.717, 1.165) is 0 Å². The van der Waals surface area contributed by atoms with Gasteiger partial charge in [0.25, 0.3) is 0 Å². The van der Waals surface area contributed by atoms with E-state index in [9.17, 15) is 13.2 Å². The van der Waals surface area contributed by atoms with Crippen molar-refractivity contribution in [2.75, 3.05) is 13.6 Å². The standard InChI is InChI=1S/C11H19F3N4/c1-4-9(15)10(8-5-16-18(3)6-8)17(2)7-11(12,13)14/h5-6,9-10H,4,7,15H2,1-3H3. The van der Waals surface area contributed by atoms with Gasteiger partial charge < -0.3 is 5.73 Å². The van der Waals surface area contributed by atoms with E-state index in [1.165, 1.54) is 11.9 Å². The molecule has 0 amide bonds. The molecular formula is C11H19F3N4. The number of aromatic nitrogens is 2. The van der Waals surface area contributed by atoms with Crippen molar-refractivity contribution >= 4 is 0 Å². The van der Waals surface area contributed by atoms with Crippen LogP contribution in [0.5, 0.6) is 0 Å². The van der Waals surface area contributed by atoms with Gasteiger partial charge in [-0.05, 0) is 13.5 Å². The van der Waals surface area contributed by atoms with Crippen LogP contribution in [0.4, 0.5) is 13.2 Å². The lowest BCUT2D eigenvalue weighted by Gasteiger charge is -2.32.